The number of halogens is 3. The summed E-state index contributed by atoms with van der Waals surface area (Å²) in [6.45, 7) is -0.0720. The van der Waals surface area contributed by atoms with Crippen LogP contribution in [0.1, 0.15) is 34.3 Å². The quantitative estimate of drug-likeness (QED) is 0.0592. The Bertz CT molecular complexity index is 2180. The Hall–Kier alpha value is -5.03. The molecule has 0 fully saturated rings. The zero-order valence-corrected chi connectivity index (χ0v) is 32.7. The second-order valence-corrected chi connectivity index (χ2v) is 13.9. The molecule has 0 bridgehead atoms. The summed E-state index contributed by atoms with van der Waals surface area (Å²) in [6, 6.07) is 16.6. The molecule has 0 saturated heterocycles. The van der Waals surface area contributed by atoms with Crippen molar-refractivity contribution >= 4 is 80.6 Å². The number of benzene rings is 4. The lowest BCUT2D eigenvalue weighted by atomic mass is 9.96. The number of para-hydroxylation sites is 1. The van der Waals surface area contributed by atoms with Crippen LogP contribution in [-0.4, -0.2) is 61.4 Å². The third-order valence-corrected chi connectivity index (χ3v) is 9.88. The van der Waals surface area contributed by atoms with Crippen molar-refractivity contribution in [2.75, 3.05) is 21.3 Å². The van der Waals surface area contributed by atoms with Gasteiger partial charge in [-0.1, -0.05) is 71.7 Å². The fraction of sp³-hybridized carbons (Fsp3) is 0.211. The normalized spacial score (nSPS) is 12.6. The van der Waals surface area contributed by atoms with Gasteiger partial charge >= 0.3 is 18.0 Å². The fourth-order valence-electron chi connectivity index (χ4n) is 5.88. The van der Waals surface area contributed by atoms with Crippen LogP contribution in [0.25, 0.3) is 22.0 Å². The van der Waals surface area contributed by atoms with E-state index in [2.05, 4.69) is 38.2 Å². The van der Waals surface area contributed by atoms with Crippen LogP contribution in [0, 0.1) is 3.57 Å². The number of aromatic nitrogens is 1. The number of nitrogens with one attached hydrogen (secondary N) is 3. The number of H-pyrrole nitrogens is 1. The van der Waals surface area contributed by atoms with Gasteiger partial charge in [0.25, 0.3) is 0 Å². The van der Waals surface area contributed by atoms with E-state index < -0.39 is 42.1 Å². The van der Waals surface area contributed by atoms with Gasteiger partial charge in [-0.15, -0.1) is 0 Å². The standard InChI is InChI=1S/C38H35Cl2IN4O9/c1-51-33-25(12-20(15-28(33)41)30(42)37(49)53-3)24-11-7-10-23-22(17-43-32(23)24)16-29(44-38(50)54-18-19-8-5-4-6-9-19)35(46)45-31(36(47)48)21-13-26(39)34(52-2)27(40)14-21/h4-15,17,29-31,43H,16,18,42H2,1-3H3,(H,44,50)(H,45,46)(H,47,48)/t29-,30-,31-/m1/s1. The first-order valence-corrected chi connectivity index (χ1v) is 18.0. The monoisotopic (exact) mass is 888 g/mol. The molecule has 5 aromatic rings. The van der Waals surface area contributed by atoms with E-state index in [4.69, 9.17) is 47.9 Å². The molecule has 4 aromatic carbocycles. The number of hydrogen-bond donors (Lipinski definition) is 5. The molecule has 5 rings (SSSR count). The molecule has 54 heavy (non-hydrogen) atoms. The highest BCUT2D eigenvalue weighted by molar-refractivity contribution is 14.1. The molecule has 1 aromatic heterocycles. The number of carbonyl (C=O) groups is 4. The number of fused-ring (bicyclic) bond motifs is 1. The number of amides is 2. The van der Waals surface area contributed by atoms with Crippen molar-refractivity contribution in [3.63, 3.8) is 0 Å². The highest BCUT2D eigenvalue weighted by atomic mass is 127. The van der Waals surface area contributed by atoms with Crippen LogP contribution in [-0.2, 0) is 36.9 Å². The van der Waals surface area contributed by atoms with E-state index in [0.717, 1.165) is 5.56 Å². The van der Waals surface area contributed by atoms with Crippen LogP contribution < -0.4 is 25.8 Å². The Morgan fingerprint density at radius 1 is 0.870 bits per heavy atom. The summed E-state index contributed by atoms with van der Waals surface area (Å²) in [5, 5.41) is 16.0. The van der Waals surface area contributed by atoms with Crippen LogP contribution in [0.2, 0.25) is 10.0 Å². The van der Waals surface area contributed by atoms with Gasteiger partial charge in [0, 0.05) is 29.1 Å². The lowest BCUT2D eigenvalue weighted by Crippen LogP contribution is -2.50. The van der Waals surface area contributed by atoms with Gasteiger partial charge in [0.05, 0.1) is 40.5 Å². The number of nitrogens with two attached hydrogens (primary N) is 1. The van der Waals surface area contributed by atoms with E-state index in [1.54, 1.807) is 42.6 Å². The van der Waals surface area contributed by atoms with Gasteiger partial charge in [-0.3, -0.25) is 9.59 Å². The van der Waals surface area contributed by atoms with Crippen LogP contribution in [0.3, 0.4) is 0 Å². The molecule has 3 atom stereocenters. The van der Waals surface area contributed by atoms with E-state index in [0.29, 0.717) is 42.5 Å². The Balaban J connectivity index is 1.51. The third-order valence-electron chi connectivity index (χ3n) is 8.51. The van der Waals surface area contributed by atoms with Crippen molar-refractivity contribution in [2.24, 2.45) is 5.73 Å². The maximum absolute atomic E-state index is 14.0. The second kappa shape index (κ2) is 17.9. The first-order valence-electron chi connectivity index (χ1n) is 16.2. The molecule has 1 heterocycles. The summed E-state index contributed by atoms with van der Waals surface area (Å²) in [5.41, 5.74) is 10.1. The smallest absolute Gasteiger partial charge is 0.408 e. The van der Waals surface area contributed by atoms with Crippen molar-refractivity contribution in [3.8, 4) is 22.6 Å². The van der Waals surface area contributed by atoms with Gasteiger partial charge in [-0.25, -0.2) is 9.59 Å². The Labute approximate surface area is 333 Å². The maximum Gasteiger partial charge on any atom is 0.408 e. The van der Waals surface area contributed by atoms with Crippen molar-refractivity contribution in [1.82, 2.24) is 15.6 Å². The molecule has 0 aliphatic rings. The highest BCUT2D eigenvalue weighted by Gasteiger charge is 2.31. The minimum absolute atomic E-state index is 0.0402. The van der Waals surface area contributed by atoms with Crippen LogP contribution in [0.5, 0.6) is 11.5 Å². The first-order chi connectivity index (χ1) is 25.9. The van der Waals surface area contributed by atoms with Crippen molar-refractivity contribution in [1.29, 1.82) is 0 Å². The average Bonchev–Trinajstić information content (AvgIpc) is 3.57. The molecule has 0 radical (unpaired) electrons. The molecular formula is C38H35Cl2IN4O9. The average molecular weight is 890 g/mol. The van der Waals surface area contributed by atoms with Gasteiger partial charge in [0.15, 0.2) is 11.8 Å². The number of carboxylic acids is 1. The molecule has 0 saturated carbocycles. The third kappa shape index (κ3) is 9.01. The first kappa shape index (κ1) is 40.2. The van der Waals surface area contributed by atoms with E-state index in [1.807, 2.05) is 24.3 Å². The SMILES string of the molecule is COC(=O)[C@H](N)c1cc(I)c(OC)c(-c2cccc3c(C[C@@H](NC(=O)OCc4ccccc4)C(=O)N[C@@H](C(=O)O)c4cc(Cl)c(OC)c(Cl)c4)c[nH]c23)c1. The Kier molecular flexibility index (Phi) is 13.3. The number of carbonyl (C=O) groups excluding carboxylic acids is 3. The number of ether oxygens (including phenoxy) is 4. The summed E-state index contributed by atoms with van der Waals surface area (Å²) in [5.74, 6) is -2.15. The van der Waals surface area contributed by atoms with E-state index >= 15 is 0 Å². The molecule has 282 valence electrons. The molecule has 0 spiro atoms. The molecule has 0 aliphatic heterocycles. The predicted octanol–water partition coefficient (Wildman–Crippen LogP) is 6.72. The number of aromatic amines is 1. The van der Waals surface area contributed by atoms with Crippen molar-refractivity contribution in [2.45, 2.75) is 31.2 Å². The van der Waals surface area contributed by atoms with E-state index in [9.17, 15) is 24.3 Å². The number of carboxylic acid groups (broad SMARTS) is 1. The van der Waals surface area contributed by atoms with Gasteiger partial charge in [0.2, 0.25) is 5.91 Å². The van der Waals surface area contributed by atoms with Crippen LogP contribution >= 0.6 is 45.8 Å². The van der Waals surface area contributed by atoms with Gasteiger partial charge in [-0.2, -0.15) is 0 Å². The van der Waals surface area contributed by atoms with Gasteiger partial charge in [0.1, 0.15) is 24.4 Å². The topological polar surface area (TPSA) is 191 Å². The summed E-state index contributed by atoms with van der Waals surface area (Å²) < 4.78 is 21.9. The van der Waals surface area contributed by atoms with E-state index in [-0.39, 0.29) is 34.4 Å². The molecule has 16 heteroatoms. The number of methoxy groups -OCH3 is 3. The summed E-state index contributed by atoms with van der Waals surface area (Å²) in [7, 11) is 4.15. The number of rotatable bonds is 14. The summed E-state index contributed by atoms with van der Waals surface area (Å²) in [4.78, 5) is 55.2. The Morgan fingerprint density at radius 2 is 1.56 bits per heavy atom. The summed E-state index contributed by atoms with van der Waals surface area (Å²) >= 11 is 14.7. The number of hydrogen-bond acceptors (Lipinski definition) is 9. The van der Waals surface area contributed by atoms with Gasteiger partial charge < -0.3 is 45.4 Å². The van der Waals surface area contributed by atoms with Crippen LogP contribution in [0.15, 0.2) is 79.0 Å². The lowest BCUT2D eigenvalue weighted by Gasteiger charge is -2.22. The predicted molar refractivity (Wildman–Crippen MR) is 211 cm³/mol. The number of aliphatic carboxylic acids is 1. The molecule has 0 unspecified atom stereocenters. The fourth-order valence-corrected chi connectivity index (χ4v) is 7.41. The van der Waals surface area contributed by atoms with E-state index in [1.165, 1.54) is 33.5 Å². The Morgan fingerprint density at radius 3 is 2.19 bits per heavy atom. The minimum atomic E-state index is -1.60. The lowest BCUT2D eigenvalue weighted by molar-refractivity contribution is -0.142. The van der Waals surface area contributed by atoms with Crippen molar-refractivity contribution < 1.29 is 43.2 Å². The number of alkyl carbamates (subject to hydrolysis) is 1. The minimum Gasteiger partial charge on any atom is -0.495 e. The maximum atomic E-state index is 14.0. The van der Waals surface area contributed by atoms with Crippen molar-refractivity contribution in [3.05, 3.63) is 115 Å². The zero-order chi connectivity index (χ0) is 39.1. The van der Waals surface area contributed by atoms with Gasteiger partial charge in [-0.05, 0) is 69.1 Å². The molecule has 2 amide bonds. The molecular weight excluding hydrogens is 854 g/mol. The second-order valence-electron chi connectivity index (χ2n) is 11.9. The van der Waals surface area contributed by atoms with Crippen LogP contribution in [0.4, 0.5) is 4.79 Å². The largest absolute Gasteiger partial charge is 0.495 e. The number of esters is 1. The highest BCUT2D eigenvalue weighted by Crippen LogP contribution is 2.40. The molecule has 0 aliphatic carbocycles. The zero-order valence-electron chi connectivity index (χ0n) is 29.1. The molecule has 13 nitrogen and oxygen atoms in total. The summed E-state index contributed by atoms with van der Waals surface area (Å²) in [6.07, 6.45) is 0.693. The molecule has 6 N–H and O–H groups in total.